The van der Waals surface area contributed by atoms with Gasteiger partial charge in [-0.05, 0) is 66.9 Å². The summed E-state index contributed by atoms with van der Waals surface area (Å²) in [4.78, 5) is 12.7. The third-order valence-electron chi connectivity index (χ3n) is 5.42. The van der Waals surface area contributed by atoms with E-state index in [1.165, 1.54) is 38.6 Å². The van der Waals surface area contributed by atoms with Crippen molar-refractivity contribution in [1.82, 2.24) is 5.43 Å². The summed E-state index contributed by atoms with van der Waals surface area (Å²) in [6.45, 7) is 6.17. The van der Waals surface area contributed by atoms with Gasteiger partial charge in [-0.25, -0.2) is 13.8 Å². The molecule has 3 rings (SSSR count). The van der Waals surface area contributed by atoms with Gasteiger partial charge in [0.2, 0.25) is 0 Å². The highest BCUT2D eigenvalue weighted by Gasteiger charge is 2.28. The van der Waals surface area contributed by atoms with E-state index in [9.17, 15) is 13.2 Å². The number of hydrazone groups is 1. The number of carbonyl (C=O) groups excluding carboxylic acids is 1. The molecule has 0 aliphatic rings. The summed E-state index contributed by atoms with van der Waals surface area (Å²) >= 11 is 0. The molecule has 0 radical (unpaired) electrons. The van der Waals surface area contributed by atoms with Crippen LogP contribution in [0.3, 0.4) is 0 Å². The fourth-order valence-corrected chi connectivity index (χ4v) is 4.82. The topological polar surface area (TPSA) is 107 Å². The lowest BCUT2D eigenvalue weighted by atomic mass is 10.2. The molecule has 0 fully saturated rings. The number of anilines is 1. The molecule has 10 heteroatoms. The number of rotatable bonds is 12. The number of hydrogen-bond acceptors (Lipinski definition) is 7. The van der Waals surface area contributed by atoms with Crippen LogP contribution in [0.15, 0.2) is 76.7 Å². The van der Waals surface area contributed by atoms with Crippen molar-refractivity contribution in [3.63, 3.8) is 0 Å². The molecule has 38 heavy (non-hydrogen) atoms. The smallest absolute Gasteiger partial charge is 0.264 e. The first-order valence-corrected chi connectivity index (χ1v) is 13.4. The number of amides is 1. The van der Waals surface area contributed by atoms with Gasteiger partial charge >= 0.3 is 0 Å². The molecule has 0 saturated carbocycles. The lowest BCUT2D eigenvalue weighted by Gasteiger charge is -2.24. The molecule has 3 aromatic carbocycles. The lowest BCUT2D eigenvalue weighted by Crippen LogP contribution is -2.39. The number of sulfonamides is 1. The molecule has 1 amide bonds. The average molecular weight is 540 g/mol. The number of nitrogens with one attached hydrogen (secondary N) is 1. The summed E-state index contributed by atoms with van der Waals surface area (Å²) in [7, 11) is -1.26. The quantitative estimate of drug-likeness (QED) is 0.270. The highest BCUT2D eigenvalue weighted by atomic mass is 32.2. The van der Waals surface area contributed by atoms with Crippen molar-refractivity contribution in [1.29, 1.82) is 0 Å². The van der Waals surface area contributed by atoms with E-state index in [2.05, 4.69) is 24.4 Å². The second-order valence-corrected chi connectivity index (χ2v) is 10.8. The third kappa shape index (κ3) is 7.48. The van der Waals surface area contributed by atoms with Gasteiger partial charge in [-0.3, -0.25) is 9.10 Å². The van der Waals surface area contributed by atoms with Crippen LogP contribution in [0.1, 0.15) is 25.0 Å². The van der Waals surface area contributed by atoms with Crippen molar-refractivity contribution in [3.05, 3.63) is 77.9 Å². The molecule has 0 bridgehead atoms. The van der Waals surface area contributed by atoms with Gasteiger partial charge in [0, 0.05) is 6.07 Å². The normalized spacial score (nSPS) is 11.4. The fourth-order valence-electron chi connectivity index (χ4n) is 3.39. The zero-order valence-electron chi connectivity index (χ0n) is 22.2. The van der Waals surface area contributed by atoms with Crippen molar-refractivity contribution < 1.29 is 27.4 Å². The summed E-state index contributed by atoms with van der Waals surface area (Å²) in [6, 6.07) is 18.4. The van der Waals surface area contributed by atoms with Gasteiger partial charge in [0.25, 0.3) is 15.9 Å². The zero-order chi connectivity index (χ0) is 27.7. The minimum atomic E-state index is -4.14. The Morgan fingerprint density at radius 2 is 1.63 bits per heavy atom. The lowest BCUT2D eigenvalue weighted by molar-refractivity contribution is -0.119. The molecular formula is C28H33N3O6S. The Labute approximate surface area is 224 Å². The van der Waals surface area contributed by atoms with Crippen LogP contribution in [0.5, 0.6) is 17.2 Å². The van der Waals surface area contributed by atoms with Gasteiger partial charge < -0.3 is 14.2 Å². The Morgan fingerprint density at radius 1 is 0.974 bits per heavy atom. The molecule has 0 saturated heterocycles. The van der Waals surface area contributed by atoms with Gasteiger partial charge in [-0.1, -0.05) is 31.5 Å². The van der Waals surface area contributed by atoms with Crippen LogP contribution in [-0.2, 0) is 14.8 Å². The highest BCUT2D eigenvalue weighted by molar-refractivity contribution is 7.92. The SMILES string of the molecule is COc1ccc(S(=O)(=O)N(CC(=O)N/N=C\c2ccc(OCC(C)C)cc2)c2ccc(C)cc2)cc1OC. The molecule has 202 valence electrons. The molecule has 0 aliphatic carbocycles. The second kappa shape index (κ2) is 13.0. The van der Waals surface area contributed by atoms with Crippen molar-refractivity contribution in [2.75, 3.05) is 31.7 Å². The molecule has 0 atom stereocenters. The van der Waals surface area contributed by atoms with Crippen LogP contribution in [0.25, 0.3) is 0 Å². The standard InChI is InChI=1S/C28H33N3O6S/c1-20(2)19-37-24-12-8-22(9-13-24)17-29-30-28(32)18-31(23-10-6-21(3)7-11-23)38(33,34)25-14-15-26(35-4)27(16-25)36-5/h6-17,20H,18-19H2,1-5H3,(H,30,32)/b29-17-. The molecular weight excluding hydrogens is 506 g/mol. The van der Waals surface area contributed by atoms with Crippen LogP contribution in [0.2, 0.25) is 0 Å². The van der Waals surface area contributed by atoms with Crippen LogP contribution < -0.4 is 23.9 Å². The first-order valence-electron chi connectivity index (χ1n) is 12.0. The van der Waals surface area contributed by atoms with Gasteiger partial charge in [-0.2, -0.15) is 5.10 Å². The van der Waals surface area contributed by atoms with E-state index >= 15 is 0 Å². The van der Waals surface area contributed by atoms with Crippen LogP contribution >= 0.6 is 0 Å². The summed E-state index contributed by atoms with van der Waals surface area (Å²) in [5.41, 5.74) is 4.44. The highest BCUT2D eigenvalue weighted by Crippen LogP contribution is 2.32. The van der Waals surface area contributed by atoms with E-state index < -0.39 is 22.5 Å². The molecule has 9 nitrogen and oxygen atoms in total. The predicted molar refractivity (Wildman–Crippen MR) is 148 cm³/mol. The van der Waals surface area contributed by atoms with Crippen molar-refractivity contribution in [2.45, 2.75) is 25.7 Å². The van der Waals surface area contributed by atoms with Crippen LogP contribution in [-0.4, -0.2) is 47.9 Å². The largest absolute Gasteiger partial charge is 0.493 e. The average Bonchev–Trinajstić information content (AvgIpc) is 2.91. The Kier molecular flexibility index (Phi) is 9.72. The van der Waals surface area contributed by atoms with E-state index in [0.29, 0.717) is 24.0 Å². The summed E-state index contributed by atoms with van der Waals surface area (Å²) < 4.78 is 44.5. The molecule has 0 aliphatic heterocycles. The summed E-state index contributed by atoms with van der Waals surface area (Å²) in [5, 5.41) is 3.99. The molecule has 0 spiro atoms. The molecule has 0 unspecified atom stereocenters. The summed E-state index contributed by atoms with van der Waals surface area (Å²) in [5.74, 6) is 1.20. The van der Waals surface area contributed by atoms with E-state index in [4.69, 9.17) is 14.2 Å². The number of aryl methyl sites for hydroxylation is 1. The minimum absolute atomic E-state index is 0.0493. The Bertz CT molecular complexity index is 1350. The number of ether oxygens (including phenoxy) is 3. The van der Waals surface area contributed by atoms with Gasteiger partial charge in [0.15, 0.2) is 11.5 Å². The first-order chi connectivity index (χ1) is 18.1. The van der Waals surface area contributed by atoms with Gasteiger partial charge in [0.05, 0.1) is 37.6 Å². The van der Waals surface area contributed by atoms with Crippen molar-refractivity contribution >= 4 is 27.8 Å². The molecule has 3 aromatic rings. The molecule has 0 heterocycles. The number of benzene rings is 3. The van der Waals surface area contributed by atoms with E-state index in [-0.39, 0.29) is 10.6 Å². The van der Waals surface area contributed by atoms with Gasteiger partial charge in [0.1, 0.15) is 12.3 Å². The number of hydrogen-bond donors (Lipinski definition) is 1. The Hall–Kier alpha value is -4.05. The van der Waals surface area contributed by atoms with Crippen molar-refractivity contribution in [3.8, 4) is 17.2 Å². The Morgan fingerprint density at radius 3 is 2.24 bits per heavy atom. The molecule has 0 aromatic heterocycles. The summed E-state index contributed by atoms with van der Waals surface area (Å²) in [6.07, 6.45) is 1.48. The first kappa shape index (κ1) is 28.5. The number of carbonyl (C=O) groups is 1. The molecule has 1 N–H and O–H groups in total. The van der Waals surface area contributed by atoms with E-state index in [1.807, 2.05) is 31.2 Å². The number of nitrogens with zero attached hydrogens (tertiary/aromatic N) is 2. The second-order valence-electron chi connectivity index (χ2n) is 8.93. The minimum Gasteiger partial charge on any atom is -0.493 e. The van der Waals surface area contributed by atoms with E-state index in [1.54, 1.807) is 24.3 Å². The zero-order valence-corrected chi connectivity index (χ0v) is 23.0. The maximum Gasteiger partial charge on any atom is 0.264 e. The number of methoxy groups -OCH3 is 2. The van der Waals surface area contributed by atoms with Gasteiger partial charge in [-0.15, -0.1) is 0 Å². The third-order valence-corrected chi connectivity index (χ3v) is 7.19. The predicted octanol–water partition coefficient (Wildman–Crippen LogP) is 4.39. The van der Waals surface area contributed by atoms with Crippen LogP contribution in [0, 0.1) is 12.8 Å². The van der Waals surface area contributed by atoms with Crippen molar-refractivity contribution in [2.24, 2.45) is 11.0 Å². The maximum atomic E-state index is 13.6. The fraction of sp³-hybridized carbons (Fsp3) is 0.286. The Balaban J connectivity index is 1.78. The maximum absolute atomic E-state index is 13.6. The van der Waals surface area contributed by atoms with E-state index in [0.717, 1.165) is 21.2 Å². The monoisotopic (exact) mass is 539 g/mol. The van der Waals surface area contributed by atoms with Crippen LogP contribution in [0.4, 0.5) is 5.69 Å².